The molecule has 0 heterocycles. The molecule has 0 fully saturated rings. The zero-order valence-corrected chi connectivity index (χ0v) is 11.0. The SMILES string of the molecule is CC(C)CCCCCCCO.[H-].[Na+]. The second-order valence-corrected chi connectivity index (χ2v) is 3.67. The van der Waals surface area contributed by atoms with E-state index in [0.717, 1.165) is 12.3 Å². The first-order valence-corrected chi connectivity index (χ1v) is 4.88. The molecule has 0 amide bonds. The summed E-state index contributed by atoms with van der Waals surface area (Å²) in [6.07, 6.45) is 7.56. The quantitative estimate of drug-likeness (QED) is 0.437. The number of rotatable bonds is 7. The van der Waals surface area contributed by atoms with Crippen LogP contribution in [0.15, 0.2) is 0 Å². The Hall–Kier alpha value is 0.960. The van der Waals surface area contributed by atoms with Gasteiger partial charge < -0.3 is 6.53 Å². The Bertz CT molecular complexity index is 79.3. The van der Waals surface area contributed by atoms with Gasteiger partial charge in [-0.05, 0) is 12.3 Å². The van der Waals surface area contributed by atoms with Crippen LogP contribution >= 0.6 is 0 Å². The minimum Gasteiger partial charge on any atom is -1.00 e. The molecule has 0 unspecified atom stereocenters. The molecule has 0 aliphatic rings. The Labute approximate surface area is 101 Å². The molecule has 0 saturated heterocycles. The van der Waals surface area contributed by atoms with Gasteiger partial charge in [-0.15, -0.1) is 0 Å². The van der Waals surface area contributed by atoms with Gasteiger partial charge >= 0.3 is 29.6 Å². The van der Waals surface area contributed by atoms with Crippen LogP contribution < -0.4 is 29.6 Å². The summed E-state index contributed by atoms with van der Waals surface area (Å²) in [7, 11) is 0. The molecule has 70 valence electrons. The number of aliphatic hydroxyl groups excluding tert-OH is 1. The Morgan fingerprint density at radius 3 is 2.00 bits per heavy atom. The first-order valence-electron chi connectivity index (χ1n) is 4.88. The third-order valence-corrected chi connectivity index (χ3v) is 1.94. The molecule has 0 radical (unpaired) electrons. The first-order chi connectivity index (χ1) is 5.27. The van der Waals surface area contributed by atoms with Crippen molar-refractivity contribution in [1.29, 1.82) is 0 Å². The van der Waals surface area contributed by atoms with Gasteiger partial charge in [-0.3, -0.25) is 0 Å². The van der Waals surface area contributed by atoms with E-state index in [1.54, 1.807) is 0 Å². The summed E-state index contributed by atoms with van der Waals surface area (Å²) in [5, 5.41) is 8.51. The van der Waals surface area contributed by atoms with E-state index in [4.69, 9.17) is 5.11 Å². The van der Waals surface area contributed by atoms with Crippen LogP contribution in [0, 0.1) is 5.92 Å². The van der Waals surface area contributed by atoms with E-state index in [-0.39, 0.29) is 31.0 Å². The van der Waals surface area contributed by atoms with Crippen LogP contribution in [0.1, 0.15) is 53.8 Å². The van der Waals surface area contributed by atoms with Crippen LogP contribution in [-0.2, 0) is 0 Å². The normalized spacial score (nSPS) is 10.0. The van der Waals surface area contributed by atoms with E-state index in [0.29, 0.717) is 6.61 Å². The minimum absolute atomic E-state index is 0. The van der Waals surface area contributed by atoms with E-state index in [2.05, 4.69) is 13.8 Å². The van der Waals surface area contributed by atoms with Crippen molar-refractivity contribution in [2.24, 2.45) is 5.92 Å². The van der Waals surface area contributed by atoms with E-state index < -0.39 is 0 Å². The Morgan fingerprint density at radius 1 is 1.00 bits per heavy atom. The average molecular weight is 182 g/mol. The molecule has 0 aromatic carbocycles. The van der Waals surface area contributed by atoms with E-state index >= 15 is 0 Å². The Balaban J connectivity index is -0.000000500. The molecule has 0 aliphatic heterocycles. The van der Waals surface area contributed by atoms with E-state index in [1.165, 1.54) is 32.1 Å². The topological polar surface area (TPSA) is 20.2 Å². The van der Waals surface area contributed by atoms with Crippen molar-refractivity contribution in [3.05, 3.63) is 0 Å². The molecule has 1 N–H and O–H groups in total. The summed E-state index contributed by atoms with van der Waals surface area (Å²) in [5.41, 5.74) is 0. The van der Waals surface area contributed by atoms with Gasteiger partial charge in [0.05, 0.1) is 0 Å². The fraction of sp³-hybridized carbons (Fsp3) is 1.00. The zero-order chi connectivity index (χ0) is 8.53. The van der Waals surface area contributed by atoms with Gasteiger partial charge in [0.15, 0.2) is 0 Å². The maximum Gasteiger partial charge on any atom is 1.00 e. The smallest absolute Gasteiger partial charge is 1.00 e. The molecule has 0 aromatic rings. The van der Waals surface area contributed by atoms with Crippen molar-refractivity contribution in [3.8, 4) is 0 Å². The molecular formula is C10H23NaO. The van der Waals surface area contributed by atoms with Crippen LogP contribution in [-0.4, -0.2) is 11.7 Å². The van der Waals surface area contributed by atoms with Crippen LogP contribution in [0.4, 0.5) is 0 Å². The average Bonchev–Trinajstić information content (AvgIpc) is 1.96. The third-order valence-electron chi connectivity index (χ3n) is 1.94. The Kier molecular flexibility index (Phi) is 15.4. The zero-order valence-electron chi connectivity index (χ0n) is 9.97. The van der Waals surface area contributed by atoms with Crippen LogP contribution in [0.2, 0.25) is 0 Å². The first kappa shape index (κ1) is 15.4. The van der Waals surface area contributed by atoms with Gasteiger partial charge in [0.2, 0.25) is 0 Å². The predicted molar refractivity (Wildman–Crippen MR) is 50.7 cm³/mol. The van der Waals surface area contributed by atoms with Crippen LogP contribution in [0.25, 0.3) is 0 Å². The fourth-order valence-corrected chi connectivity index (χ4v) is 1.19. The number of hydrogen-bond donors (Lipinski definition) is 1. The molecule has 0 bridgehead atoms. The third kappa shape index (κ3) is 13.5. The molecule has 0 aromatic heterocycles. The van der Waals surface area contributed by atoms with Crippen LogP contribution in [0.5, 0.6) is 0 Å². The fourth-order valence-electron chi connectivity index (χ4n) is 1.19. The van der Waals surface area contributed by atoms with Crippen molar-refractivity contribution in [3.63, 3.8) is 0 Å². The summed E-state index contributed by atoms with van der Waals surface area (Å²) in [4.78, 5) is 0. The summed E-state index contributed by atoms with van der Waals surface area (Å²) in [6, 6.07) is 0. The molecule has 0 atom stereocenters. The second kappa shape index (κ2) is 12.0. The van der Waals surface area contributed by atoms with Crippen molar-refractivity contribution in [2.75, 3.05) is 6.61 Å². The van der Waals surface area contributed by atoms with Gasteiger partial charge in [0.25, 0.3) is 0 Å². The molecule has 0 saturated carbocycles. The van der Waals surface area contributed by atoms with Crippen molar-refractivity contribution in [2.45, 2.75) is 52.4 Å². The van der Waals surface area contributed by atoms with Gasteiger partial charge in [-0.2, -0.15) is 0 Å². The molecule has 2 heteroatoms. The molecule has 1 nitrogen and oxygen atoms in total. The second-order valence-electron chi connectivity index (χ2n) is 3.67. The molecule has 0 rings (SSSR count). The van der Waals surface area contributed by atoms with Crippen LogP contribution in [0.3, 0.4) is 0 Å². The summed E-state index contributed by atoms with van der Waals surface area (Å²) in [6.45, 7) is 4.91. The van der Waals surface area contributed by atoms with E-state index in [1.807, 2.05) is 0 Å². The van der Waals surface area contributed by atoms with E-state index in [9.17, 15) is 0 Å². The van der Waals surface area contributed by atoms with Gasteiger partial charge in [-0.1, -0.05) is 46.0 Å². The Morgan fingerprint density at radius 2 is 1.50 bits per heavy atom. The maximum absolute atomic E-state index is 8.51. The molecule has 0 spiro atoms. The number of hydrogen-bond acceptors (Lipinski definition) is 1. The molecular weight excluding hydrogens is 159 g/mol. The molecule has 12 heavy (non-hydrogen) atoms. The van der Waals surface area contributed by atoms with Crippen molar-refractivity contribution in [1.82, 2.24) is 0 Å². The minimum atomic E-state index is 0. The largest absolute Gasteiger partial charge is 1.00 e. The summed E-state index contributed by atoms with van der Waals surface area (Å²) < 4.78 is 0. The number of unbranched alkanes of at least 4 members (excludes halogenated alkanes) is 4. The standard InChI is InChI=1S/C10H22O.Na.H/c1-10(2)8-6-4-3-5-7-9-11;;/h10-11H,3-9H2,1-2H3;;/q;+1;-1. The number of aliphatic hydroxyl groups is 1. The predicted octanol–water partition coefficient (Wildman–Crippen LogP) is 0.0918. The summed E-state index contributed by atoms with van der Waals surface area (Å²) in [5.74, 6) is 0.854. The van der Waals surface area contributed by atoms with Crippen molar-refractivity contribution >= 4 is 0 Å². The summed E-state index contributed by atoms with van der Waals surface area (Å²) >= 11 is 0. The van der Waals surface area contributed by atoms with Gasteiger partial charge in [-0.25, -0.2) is 0 Å². The van der Waals surface area contributed by atoms with Crippen molar-refractivity contribution < 1.29 is 36.1 Å². The monoisotopic (exact) mass is 182 g/mol. The van der Waals surface area contributed by atoms with Gasteiger partial charge in [0.1, 0.15) is 0 Å². The van der Waals surface area contributed by atoms with Gasteiger partial charge in [0, 0.05) is 6.61 Å². The molecule has 0 aliphatic carbocycles. The maximum atomic E-state index is 8.51.